The number of ether oxygens (including phenoxy) is 2. The van der Waals surface area contributed by atoms with Crippen LogP contribution in [0, 0.1) is 12.7 Å². The van der Waals surface area contributed by atoms with Crippen molar-refractivity contribution in [2.24, 2.45) is 0 Å². The van der Waals surface area contributed by atoms with E-state index in [1.165, 1.54) is 11.6 Å². The van der Waals surface area contributed by atoms with Gasteiger partial charge in [-0.3, -0.25) is 14.6 Å². The van der Waals surface area contributed by atoms with Gasteiger partial charge >= 0.3 is 0 Å². The third-order valence-electron chi connectivity index (χ3n) is 5.86. The molecule has 1 heterocycles. The molecule has 0 bridgehead atoms. The first-order chi connectivity index (χ1) is 15.3. The van der Waals surface area contributed by atoms with Crippen LogP contribution in [0.25, 0.3) is 0 Å². The van der Waals surface area contributed by atoms with Crippen LogP contribution in [0.15, 0.2) is 30.3 Å². The molecule has 2 aromatic carbocycles. The molecule has 1 saturated heterocycles. The highest BCUT2D eigenvalue weighted by Crippen LogP contribution is 2.31. The molecule has 2 aromatic rings. The van der Waals surface area contributed by atoms with E-state index in [1.54, 1.807) is 38.3 Å². The highest BCUT2D eigenvalue weighted by atomic mass is 35.5. The van der Waals surface area contributed by atoms with Gasteiger partial charge in [0.05, 0.1) is 20.8 Å². The number of likely N-dealkylation sites (N-methyl/N-ethyl adjacent to an activating group) is 1. The lowest BCUT2D eigenvalue weighted by Crippen LogP contribution is -2.50. The lowest BCUT2D eigenvalue weighted by atomic mass is 10.1. The van der Waals surface area contributed by atoms with Crippen molar-refractivity contribution in [3.05, 3.63) is 57.9 Å². The van der Waals surface area contributed by atoms with Crippen LogP contribution < -0.4 is 9.47 Å². The molecular weight excluding hydrogens is 433 g/mol. The Bertz CT molecular complexity index is 928. The van der Waals surface area contributed by atoms with E-state index in [9.17, 15) is 9.18 Å². The molecule has 0 unspecified atom stereocenters. The second-order valence-corrected chi connectivity index (χ2v) is 8.57. The molecule has 3 rings (SSSR count). The van der Waals surface area contributed by atoms with E-state index in [4.69, 9.17) is 21.1 Å². The summed E-state index contributed by atoms with van der Waals surface area (Å²) in [6.45, 7) is 6.29. The molecule has 0 aromatic heterocycles. The molecule has 0 atom stereocenters. The molecule has 6 nitrogen and oxygen atoms in total. The van der Waals surface area contributed by atoms with Crippen LogP contribution >= 0.6 is 11.6 Å². The molecule has 32 heavy (non-hydrogen) atoms. The van der Waals surface area contributed by atoms with E-state index >= 15 is 0 Å². The van der Waals surface area contributed by atoms with Crippen LogP contribution in [-0.4, -0.2) is 74.6 Å². The first kappa shape index (κ1) is 24.3. The molecule has 174 valence electrons. The van der Waals surface area contributed by atoms with Gasteiger partial charge in [0.2, 0.25) is 5.91 Å². The SMILES string of the molecule is COc1cc(C)c(CN2CCN(C(=O)CN(C)Cc3c(F)cccc3Cl)CC2)cc1OC. The highest BCUT2D eigenvalue weighted by Gasteiger charge is 2.23. The molecule has 0 saturated carbocycles. The van der Waals surface area contributed by atoms with Gasteiger partial charge in [-0.15, -0.1) is 0 Å². The molecule has 0 N–H and O–H groups in total. The Morgan fingerprint density at radius 2 is 1.78 bits per heavy atom. The third kappa shape index (κ3) is 5.91. The summed E-state index contributed by atoms with van der Waals surface area (Å²) in [6, 6.07) is 8.64. The average Bonchev–Trinajstić information content (AvgIpc) is 2.77. The number of aryl methyl sites for hydroxylation is 1. The van der Waals surface area contributed by atoms with Gasteiger partial charge < -0.3 is 14.4 Å². The smallest absolute Gasteiger partial charge is 0.236 e. The molecule has 0 radical (unpaired) electrons. The minimum Gasteiger partial charge on any atom is -0.493 e. The Balaban J connectivity index is 1.51. The number of hydrogen-bond donors (Lipinski definition) is 0. The number of nitrogens with zero attached hydrogens (tertiary/aromatic N) is 3. The maximum absolute atomic E-state index is 14.0. The van der Waals surface area contributed by atoms with Crippen LogP contribution in [0.1, 0.15) is 16.7 Å². The van der Waals surface area contributed by atoms with Gasteiger partial charge in [0.15, 0.2) is 11.5 Å². The second kappa shape index (κ2) is 11.0. The van der Waals surface area contributed by atoms with E-state index < -0.39 is 0 Å². The van der Waals surface area contributed by atoms with Gasteiger partial charge in [-0.05, 0) is 49.4 Å². The van der Waals surface area contributed by atoms with Gasteiger partial charge in [-0.2, -0.15) is 0 Å². The predicted octanol–water partition coefficient (Wildman–Crippen LogP) is 3.58. The van der Waals surface area contributed by atoms with Crippen molar-refractivity contribution in [3.63, 3.8) is 0 Å². The summed E-state index contributed by atoms with van der Waals surface area (Å²) in [6.07, 6.45) is 0. The third-order valence-corrected chi connectivity index (χ3v) is 6.21. The number of carbonyl (C=O) groups excluding carboxylic acids is 1. The Kier molecular flexibility index (Phi) is 8.34. The highest BCUT2D eigenvalue weighted by molar-refractivity contribution is 6.31. The van der Waals surface area contributed by atoms with Crippen LogP contribution in [0.3, 0.4) is 0 Å². The van der Waals surface area contributed by atoms with E-state index in [0.717, 1.165) is 36.7 Å². The first-order valence-corrected chi connectivity index (χ1v) is 11.0. The summed E-state index contributed by atoms with van der Waals surface area (Å²) in [5.74, 6) is 1.14. The summed E-state index contributed by atoms with van der Waals surface area (Å²) in [4.78, 5) is 18.8. The number of hydrogen-bond acceptors (Lipinski definition) is 5. The zero-order chi connectivity index (χ0) is 23.3. The zero-order valence-electron chi connectivity index (χ0n) is 19.2. The predicted molar refractivity (Wildman–Crippen MR) is 124 cm³/mol. The van der Waals surface area contributed by atoms with Gasteiger partial charge in [0.1, 0.15) is 5.82 Å². The number of rotatable bonds is 8. The van der Waals surface area contributed by atoms with Crippen molar-refractivity contribution in [1.29, 1.82) is 0 Å². The molecule has 8 heteroatoms. The Morgan fingerprint density at radius 3 is 2.41 bits per heavy atom. The van der Waals surface area contributed by atoms with Crippen LogP contribution in [-0.2, 0) is 17.9 Å². The van der Waals surface area contributed by atoms with Gasteiger partial charge in [-0.1, -0.05) is 17.7 Å². The Morgan fingerprint density at radius 1 is 1.12 bits per heavy atom. The van der Waals surface area contributed by atoms with E-state index in [0.29, 0.717) is 23.7 Å². The summed E-state index contributed by atoms with van der Waals surface area (Å²) in [7, 11) is 5.07. The number of methoxy groups -OCH3 is 2. The molecule has 1 aliphatic heterocycles. The maximum atomic E-state index is 14.0. The molecular formula is C24H31ClFN3O3. The van der Waals surface area contributed by atoms with E-state index in [2.05, 4.69) is 11.8 Å². The number of benzene rings is 2. The van der Waals surface area contributed by atoms with Crippen LogP contribution in [0.4, 0.5) is 4.39 Å². The van der Waals surface area contributed by atoms with Gasteiger partial charge in [-0.25, -0.2) is 4.39 Å². The second-order valence-electron chi connectivity index (χ2n) is 8.16. The van der Waals surface area contributed by atoms with Crippen molar-refractivity contribution in [1.82, 2.24) is 14.7 Å². The molecule has 1 aliphatic rings. The lowest BCUT2D eigenvalue weighted by Gasteiger charge is -2.35. The topological polar surface area (TPSA) is 45.2 Å². The zero-order valence-corrected chi connectivity index (χ0v) is 19.9. The summed E-state index contributed by atoms with van der Waals surface area (Å²) >= 11 is 6.11. The summed E-state index contributed by atoms with van der Waals surface area (Å²) in [5, 5.41) is 0.378. The van der Waals surface area contributed by atoms with Crippen molar-refractivity contribution in [2.75, 3.05) is 54.0 Å². The minimum absolute atomic E-state index is 0.0434. The van der Waals surface area contributed by atoms with Crippen molar-refractivity contribution in [2.45, 2.75) is 20.0 Å². The fourth-order valence-electron chi connectivity index (χ4n) is 3.93. The average molecular weight is 464 g/mol. The molecule has 1 amide bonds. The number of amides is 1. The fourth-order valence-corrected chi connectivity index (χ4v) is 4.15. The van der Waals surface area contributed by atoms with Crippen molar-refractivity contribution in [3.8, 4) is 11.5 Å². The van der Waals surface area contributed by atoms with Crippen LogP contribution in [0.2, 0.25) is 5.02 Å². The minimum atomic E-state index is -0.351. The number of halogens is 2. The maximum Gasteiger partial charge on any atom is 0.236 e. The van der Waals surface area contributed by atoms with Crippen LogP contribution in [0.5, 0.6) is 11.5 Å². The largest absolute Gasteiger partial charge is 0.493 e. The standard InChI is InChI=1S/C24H31ClFN3O3/c1-17-12-22(31-3)23(32-4)13-18(17)14-28-8-10-29(11-9-28)24(30)16-27(2)15-19-20(25)6-5-7-21(19)26/h5-7,12-13H,8-11,14-16H2,1-4H3. The Hall–Kier alpha value is -2.35. The lowest BCUT2D eigenvalue weighted by molar-refractivity contribution is -0.134. The first-order valence-electron chi connectivity index (χ1n) is 10.7. The van der Waals surface area contributed by atoms with Crippen molar-refractivity contribution >= 4 is 17.5 Å². The number of carbonyl (C=O) groups is 1. The van der Waals surface area contributed by atoms with E-state index in [-0.39, 0.29) is 24.8 Å². The quantitative estimate of drug-likeness (QED) is 0.598. The Labute approximate surface area is 194 Å². The monoisotopic (exact) mass is 463 g/mol. The fraction of sp³-hybridized carbons (Fsp3) is 0.458. The molecule has 0 spiro atoms. The summed E-state index contributed by atoms with van der Waals surface area (Å²) in [5.41, 5.74) is 2.75. The summed E-state index contributed by atoms with van der Waals surface area (Å²) < 4.78 is 24.8. The normalized spacial score (nSPS) is 14.7. The molecule has 1 fully saturated rings. The molecule has 0 aliphatic carbocycles. The number of piperazine rings is 1. The van der Waals surface area contributed by atoms with E-state index in [1.807, 2.05) is 17.0 Å². The van der Waals surface area contributed by atoms with Gasteiger partial charge in [0.25, 0.3) is 0 Å². The van der Waals surface area contributed by atoms with Crippen molar-refractivity contribution < 1.29 is 18.7 Å². The van der Waals surface area contributed by atoms with Gasteiger partial charge in [0, 0.05) is 49.9 Å².